The van der Waals surface area contributed by atoms with Gasteiger partial charge >= 0.3 is 0 Å². The van der Waals surface area contributed by atoms with Crippen LogP contribution < -0.4 is 5.56 Å². The molecule has 0 saturated carbocycles. The first-order chi connectivity index (χ1) is 13.0. The van der Waals surface area contributed by atoms with Gasteiger partial charge in [-0.1, -0.05) is 17.3 Å². The average molecular weight is 363 g/mol. The summed E-state index contributed by atoms with van der Waals surface area (Å²) >= 11 is 0. The quantitative estimate of drug-likeness (QED) is 0.404. The highest BCUT2D eigenvalue weighted by Crippen LogP contribution is 2.25. The minimum atomic E-state index is -0.447. The molecular weight excluding hydrogens is 350 g/mol. The van der Waals surface area contributed by atoms with Gasteiger partial charge in [-0.05, 0) is 31.2 Å². The third kappa shape index (κ3) is 3.06. The molecule has 0 radical (unpaired) electrons. The van der Waals surface area contributed by atoms with Crippen LogP contribution in [0.2, 0.25) is 0 Å². The lowest BCUT2D eigenvalue weighted by atomic mass is 10.1. The van der Waals surface area contributed by atoms with Crippen LogP contribution in [0.4, 0.5) is 5.69 Å². The second kappa shape index (κ2) is 6.45. The van der Waals surface area contributed by atoms with Gasteiger partial charge in [0.15, 0.2) is 5.82 Å². The maximum absolute atomic E-state index is 12.5. The summed E-state index contributed by atoms with van der Waals surface area (Å²) in [5.74, 6) is 0.532. The fourth-order valence-electron chi connectivity index (χ4n) is 2.80. The fraction of sp³-hybridized carbons (Fsp3) is 0.111. The van der Waals surface area contributed by atoms with Gasteiger partial charge in [0.1, 0.15) is 0 Å². The largest absolute Gasteiger partial charge is 0.334 e. The summed E-state index contributed by atoms with van der Waals surface area (Å²) in [5.41, 5.74) is 1.51. The molecule has 0 atom stereocenters. The first-order valence-corrected chi connectivity index (χ1v) is 8.05. The number of hydrogen-bond acceptors (Lipinski definition) is 7. The number of fused-ring (bicyclic) bond motifs is 1. The van der Waals surface area contributed by atoms with E-state index < -0.39 is 4.92 Å². The summed E-state index contributed by atoms with van der Waals surface area (Å²) < 4.78 is 6.64. The van der Waals surface area contributed by atoms with Crippen molar-refractivity contribution in [1.82, 2.24) is 19.7 Å². The van der Waals surface area contributed by atoms with Crippen LogP contribution >= 0.6 is 0 Å². The number of hydrogen-bond donors (Lipinski definition) is 0. The number of nitro benzene ring substituents is 1. The molecule has 4 rings (SSSR count). The van der Waals surface area contributed by atoms with Crippen molar-refractivity contribution in [2.45, 2.75) is 13.5 Å². The van der Waals surface area contributed by atoms with Crippen molar-refractivity contribution >= 4 is 16.6 Å². The van der Waals surface area contributed by atoms with Crippen LogP contribution in [-0.2, 0) is 6.54 Å². The molecule has 4 aromatic rings. The maximum Gasteiger partial charge on any atom is 0.272 e. The molecule has 0 aliphatic carbocycles. The van der Waals surface area contributed by atoms with Gasteiger partial charge in [-0.3, -0.25) is 19.5 Å². The van der Waals surface area contributed by atoms with Crippen LogP contribution in [0.1, 0.15) is 11.4 Å². The zero-order valence-electron chi connectivity index (χ0n) is 14.2. The highest BCUT2D eigenvalue weighted by atomic mass is 16.6. The zero-order valence-corrected chi connectivity index (χ0v) is 14.2. The summed E-state index contributed by atoms with van der Waals surface area (Å²) in [7, 11) is 0. The van der Waals surface area contributed by atoms with Gasteiger partial charge in [0, 0.05) is 17.2 Å². The van der Waals surface area contributed by atoms with Crippen molar-refractivity contribution in [3.63, 3.8) is 0 Å². The molecule has 0 saturated heterocycles. The average Bonchev–Trinajstić information content (AvgIpc) is 3.12. The molecule has 2 aromatic heterocycles. The normalized spacial score (nSPS) is 11.0. The van der Waals surface area contributed by atoms with Crippen molar-refractivity contribution in [1.29, 1.82) is 0 Å². The van der Waals surface area contributed by atoms with Crippen molar-refractivity contribution in [3.05, 3.63) is 80.6 Å². The maximum atomic E-state index is 12.5. The molecule has 0 fully saturated rings. The summed E-state index contributed by atoms with van der Waals surface area (Å²) in [6, 6.07) is 11.6. The summed E-state index contributed by atoms with van der Waals surface area (Å²) in [6.45, 7) is 1.74. The van der Waals surface area contributed by atoms with Crippen LogP contribution in [-0.4, -0.2) is 24.6 Å². The van der Waals surface area contributed by atoms with Gasteiger partial charge in [0.25, 0.3) is 17.1 Å². The highest BCUT2D eigenvalue weighted by molar-refractivity contribution is 5.76. The van der Waals surface area contributed by atoms with Crippen molar-refractivity contribution in [2.24, 2.45) is 0 Å². The van der Waals surface area contributed by atoms with Crippen molar-refractivity contribution < 1.29 is 9.45 Å². The predicted molar refractivity (Wildman–Crippen MR) is 96.2 cm³/mol. The van der Waals surface area contributed by atoms with Gasteiger partial charge in [0.2, 0.25) is 0 Å². The topological polar surface area (TPSA) is 117 Å². The first-order valence-electron chi connectivity index (χ1n) is 8.05. The smallest absolute Gasteiger partial charge is 0.272 e. The Bertz CT molecular complexity index is 1230. The van der Waals surface area contributed by atoms with E-state index in [9.17, 15) is 14.9 Å². The number of benzene rings is 2. The Kier molecular flexibility index (Phi) is 3.96. The molecule has 0 amide bonds. The third-order valence-electron chi connectivity index (χ3n) is 4.15. The molecule has 134 valence electrons. The van der Waals surface area contributed by atoms with E-state index in [0.717, 1.165) is 0 Å². The molecule has 9 heteroatoms. The molecule has 0 aliphatic heterocycles. The lowest BCUT2D eigenvalue weighted by Gasteiger charge is -2.03. The minimum absolute atomic E-state index is 0.0206. The Hall–Kier alpha value is -3.88. The lowest BCUT2D eigenvalue weighted by Crippen LogP contribution is -2.21. The van der Waals surface area contributed by atoms with E-state index in [1.54, 1.807) is 37.3 Å². The second-order valence-corrected chi connectivity index (χ2v) is 5.97. The van der Waals surface area contributed by atoms with Gasteiger partial charge in [-0.25, -0.2) is 4.98 Å². The number of aryl methyl sites for hydroxylation is 1. The van der Waals surface area contributed by atoms with E-state index in [1.807, 2.05) is 6.07 Å². The Balaban J connectivity index is 1.64. The molecule has 0 aliphatic rings. The van der Waals surface area contributed by atoms with Gasteiger partial charge in [0.05, 0.1) is 28.7 Å². The standard InChI is InChI=1S/C18H13N5O4/c1-11-8-12(6-7-15(11)23(25)26)17-20-16(21-27-17)9-22-10-19-14-5-3-2-4-13(14)18(22)24/h2-8,10H,9H2,1H3. The fourth-order valence-corrected chi connectivity index (χ4v) is 2.80. The van der Waals surface area contributed by atoms with E-state index in [4.69, 9.17) is 4.52 Å². The first kappa shape index (κ1) is 16.6. The summed E-state index contributed by atoms with van der Waals surface area (Å²) in [6.07, 6.45) is 1.44. The van der Waals surface area contributed by atoms with Crippen LogP contribution in [0.25, 0.3) is 22.4 Å². The Morgan fingerprint density at radius 1 is 1.22 bits per heavy atom. The number of nitrogens with zero attached hydrogens (tertiary/aromatic N) is 5. The Morgan fingerprint density at radius 3 is 2.81 bits per heavy atom. The number of rotatable bonds is 4. The number of nitro groups is 1. The minimum Gasteiger partial charge on any atom is -0.334 e. The molecule has 2 heterocycles. The Labute approximate surface area is 152 Å². The van der Waals surface area contributed by atoms with Gasteiger partial charge < -0.3 is 4.52 Å². The van der Waals surface area contributed by atoms with Crippen LogP contribution in [0.15, 0.2) is 58.1 Å². The van der Waals surface area contributed by atoms with Crippen molar-refractivity contribution in [2.75, 3.05) is 0 Å². The monoisotopic (exact) mass is 363 g/mol. The number of aromatic nitrogens is 4. The summed E-state index contributed by atoms with van der Waals surface area (Å²) in [4.78, 5) is 31.5. The predicted octanol–water partition coefficient (Wildman–Crippen LogP) is 2.71. The van der Waals surface area contributed by atoms with Gasteiger partial charge in [-0.2, -0.15) is 4.98 Å². The highest BCUT2D eigenvalue weighted by Gasteiger charge is 2.15. The van der Waals surface area contributed by atoms with E-state index in [0.29, 0.717) is 27.9 Å². The van der Waals surface area contributed by atoms with E-state index >= 15 is 0 Å². The SMILES string of the molecule is Cc1cc(-c2nc(Cn3cnc4ccccc4c3=O)no2)ccc1[N+](=O)[O-]. The van der Waals surface area contributed by atoms with Crippen LogP contribution in [0, 0.1) is 17.0 Å². The molecule has 0 bridgehead atoms. The van der Waals surface area contributed by atoms with E-state index in [2.05, 4.69) is 15.1 Å². The van der Waals surface area contributed by atoms with E-state index in [1.165, 1.54) is 17.0 Å². The Morgan fingerprint density at radius 2 is 2.04 bits per heavy atom. The molecule has 0 spiro atoms. The summed E-state index contributed by atoms with van der Waals surface area (Å²) in [5, 5.41) is 15.3. The molecule has 27 heavy (non-hydrogen) atoms. The van der Waals surface area contributed by atoms with Gasteiger partial charge in [-0.15, -0.1) is 0 Å². The molecule has 2 aromatic carbocycles. The van der Waals surface area contributed by atoms with Crippen LogP contribution in [0.3, 0.4) is 0 Å². The number of para-hydroxylation sites is 1. The molecular formula is C18H13N5O4. The lowest BCUT2D eigenvalue weighted by molar-refractivity contribution is -0.385. The molecule has 9 nitrogen and oxygen atoms in total. The van der Waals surface area contributed by atoms with E-state index in [-0.39, 0.29) is 23.7 Å². The molecule has 0 unspecified atom stereocenters. The zero-order chi connectivity index (χ0) is 19.0. The molecule has 0 N–H and O–H groups in total. The van der Waals surface area contributed by atoms with Crippen molar-refractivity contribution in [3.8, 4) is 11.5 Å². The third-order valence-corrected chi connectivity index (χ3v) is 4.15. The second-order valence-electron chi connectivity index (χ2n) is 5.97. The van der Waals surface area contributed by atoms with Crippen LogP contribution in [0.5, 0.6) is 0 Å².